The third-order valence-corrected chi connectivity index (χ3v) is 13.3. The summed E-state index contributed by atoms with van der Waals surface area (Å²) in [7, 11) is 0. The van der Waals surface area contributed by atoms with Crippen molar-refractivity contribution in [3.8, 4) is 0 Å². The van der Waals surface area contributed by atoms with Crippen molar-refractivity contribution >= 4 is 17.9 Å². The number of esters is 3. The Hall–Kier alpha value is -1.85. The molecule has 0 rings (SSSR count). The fraction of sp³-hybridized carbons (Fsp3) is 0.915. The molecule has 65 heavy (non-hydrogen) atoms. The quantitative estimate of drug-likeness (QED) is 0.0262. The number of carbonyl (C=O) groups excluding carboxylic acids is 3. The lowest BCUT2D eigenvalue weighted by atomic mass is 10.0. The van der Waals surface area contributed by atoms with Crippen LogP contribution in [0.25, 0.3) is 0 Å². The molecule has 0 aliphatic rings. The minimum absolute atomic E-state index is 0.0675. The number of allylic oxidation sites excluding steroid dienone is 2. The first-order chi connectivity index (χ1) is 32.0. The molecule has 0 saturated carbocycles. The zero-order chi connectivity index (χ0) is 47.2. The molecular weight excluding hydrogens is 805 g/mol. The maximum Gasteiger partial charge on any atom is 0.306 e. The summed E-state index contributed by atoms with van der Waals surface area (Å²) in [4.78, 5) is 38.1. The molecule has 0 aromatic heterocycles. The molecule has 0 aromatic carbocycles. The van der Waals surface area contributed by atoms with E-state index in [1.165, 1.54) is 225 Å². The molecule has 0 unspecified atom stereocenters. The molecule has 6 heteroatoms. The molecule has 0 spiro atoms. The van der Waals surface area contributed by atoms with Crippen LogP contribution in [-0.4, -0.2) is 37.2 Å². The lowest BCUT2D eigenvalue weighted by Gasteiger charge is -2.18. The Morgan fingerprint density at radius 3 is 0.785 bits per heavy atom. The van der Waals surface area contributed by atoms with Gasteiger partial charge in [0.2, 0.25) is 0 Å². The van der Waals surface area contributed by atoms with Gasteiger partial charge in [-0.3, -0.25) is 14.4 Å². The SMILES string of the molecule is CCCCCC/C=C\CCCCCCCC(=O)O[C@@H](COC(=O)CCCCCCCCCCCCCCC)COC(=O)CCCCCCCCCCCCCCCCCCCCCCC. The molecule has 6 nitrogen and oxygen atoms in total. The van der Waals surface area contributed by atoms with Crippen LogP contribution in [0.1, 0.15) is 329 Å². The summed E-state index contributed by atoms with van der Waals surface area (Å²) in [6.45, 7) is 6.67. The topological polar surface area (TPSA) is 78.9 Å². The molecule has 0 N–H and O–H groups in total. The van der Waals surface area contributed by atoms with E-state index in [1.807, 2.05) is 0 Å². The van der Waals surface area contributed by atoms with Crippen molar-refractivity contribution in [3.05, 3.63) is 12.2 Å². The predicted molar refractivity (Wildman–Crippen MR) is 280 cm³/mol. The van der Waals surface area contributed by atoms with E-state index >= 15 is 0 Å². The molecule has 0 amide bonds. The predicted octanol–water partition coefficient (Wildman–Crippen LogP) is 19.3. The molecule has 0 aliphatic carbocycles. The van der Waals surface area contributed by atoms with Gasteiger partial charge in [0.15, 0.2) is 6.10 Å². The van der Waals surface area contributed by atoms with Crippen LogP contribution < -0.4 is 0 Å². The minimum Gasteiger partial charge on any atom is -0.462 e. The number of hydrogen-bond donors (Lipinski definition) is 0. The van der Waals surface area contributed by atoms with Crippen LogP contribution >= 0.6 is 0 Å². The summed E-state index contributed by atoms with van der Waals surface area (Å²) >= 11 is 0. The smallest absolute Gasteiger partial charge is 0.306 e. The first kappa shape index (κ1) is 63.1. The normalized spacial score (nSPS) is 12.0. The Labute approximate surface area is 405 Å². The molecular formula is C59H112O6. The molecule has 0 aromatic rings. The highest BCUT2D eigenvalue weighted by atomic mass is 16.6. The zero-order valence-electron chi connectivity index (χ0n) is 44.0. The summed E-state index contributed by atoms with van der Waals surface area (Å²) < 4.78 is 16.9. The highest BCUT2D eigenvalue weighted by Gasteiger charge is 2.19. The third-order valence-electron chi connectivity index (χ3n) is 13.3. The summed E-state index contributed by atoms with van der Waals surface area (Å²) in [5, 5.41) is 0. The van der Waals surface area contributed by atoms with Crippen molar-refractivity contribution in [1.82, 2.24) is 0 Å². The second-order valence-corrected chi connectivity index (χ2v) is 19.9. The Morgan fingerprint density at radius 2 is 0.508 bits per heavy atom. The highest BCUT2D eigenvalue weighted by molar-refractivity contribution is 5.71. The summed E-state index contributed by atoms with van der Waals surface area (Å²) in [5.74, 6) is -0.853. The van der Waals surface area contributed by atoms with Crippen molar-refractivity contribution in [1.29, 1.82) is 0 Å². The van der Waals surface area contributed by atoms with E-state index in [-0.39, 0.29) is 31.1 Å². The van der Waals surface area contributed by atoms with E-state index in [0.717, 1.165) is 64.2 Å². The first-order valence-corrected chi connectivity index (χ1v) is 29.2. The van der Waals surface area contributed by atoms with Gasteiger partial charge in [0.05, 0.1) is 0 Å². The minimum atomic E-state index is -0.768. The van der Waals surface area contributed by atoms with Crippen LogP contribution in [0.3, 0.4) is 0 Å². The van der Waals surface area contributed by atoms with E-state index in [0.29, 0.717) is 19.3 Å². The van der Waals surface area contributed by atoms with Crippen LogP contribution in [0.5, 0.6) is 0 Å². The number of ether oxygens (including phenoxy) is 3. The molecule has 0 radical (unpaired) electrons. The third kappa shape index (κ3) is 53.0. The van der Waals surface area contributed by atoms with Crippen LogP contribution in [0, 0.1) is 0 Å². The van der Waals surface area contributed by atoms with Gasteiger partial charge in [0, 0.05) is 19.3 Å². The summed E-state index contributed by atoms with van der Waals surface area (Å²) in [5.41, 5.74) is 0. The highest BCUT2D eigenvalue weighted by Crippen LogP contribution is 2.17. The van der Waals surface area contributed by atoms with Gasteiger partial charge in [-0.1, -0.05) is 277 Å². The van der Waals surface area contributed by atoms with E-state index in [4.69, 9.17) is 14.2 Å². The second-order valence-electron chi connectivity index (χ2n) is 19.9. The molecule has 384 valence electrons. The van der Waals surface area contributed by atoms with Gasteiger partial charge < -0.3 is 14.2 Å². The van der Waals surface area contributed by atoms with Gasteiger partial charge in [-0.05, 0) is 44.9 Å². The Kier molecular flexibility index (Phi) is 53.2. The maximum atomic E-state index is 12.8. The molecule has 1 atom stereocenters. The van der Waals surface area contributed by atoms with E-state index in [2.05, 4.69) is 32.9 Å². The van der Waals surface area contributed by atoms with E-state index in [1.54, 1.807) is 0 Å². The van der Waals surface area contributed by atoms with Crippen molar-refractivity contribution in [3.63, 3.8) is 0 Å². The number of rotatable bonds is 54. The number of carbonyl (C=O) groups is 3. The fourth-order valence-corrected chi connectivity index (χ4v) is 8.85. The standard InChI is InChI=1S/C59H112O6/c1-4-7-10-13-16-19-22-25-26-27-28-29-30-31-32-35-37-40-43-46-49-52-58(61)64-55-56(65-59(62)53-50-47-44-41-38-34-24-21-18-15-12-9-6-3)54-63-57(60)51-48-45-42-39-36-33-23-20-17-14-11-8-5-2/h21,24,56H,4-20,22-23,25-55H2,1-3H3/b24-21-/t56-/m0/s1. The lowest BCUT2D eigenvalue weighted by molar-refractivity contribution is -0.167. The van der Waals surface area contributed by atoms with Crippen molar-refractivity contribution in [2.75, 3.05) is 13.2 Å². The Balaban J connectivity index is 4.24. The monoisotopic (exact) mass is 917 g/mol. The molecule has 0 bridgehead atoms. The average Bonchev–Trinajstić information content (AvgIpc) is 3.30. The van der Waals surface area contributed by atoms with Gasteiger partial charge in [-0.2, -0.15) is 0 Å². The van der Waals surface area contributed by atoms with Crippen LogP contribution in [0.4, 0.5) is 0 Å². The van der Waals surface area contributed by atoms with E-state index < -0.39 is 6.10 Å². The van der Waals surface area contributed by atoms with Gasteiger partial charge in [0.1, 0.15) is 13.2 Å². The van der Waals surface area contributed by atoms with Crippen molar-refractivity contribution in [2.45, 2.75) is 335 Å². The molecule has 0 fully saturated rings. The molecule has 0 saturated heterocycles. The van der Waals surface area contributed by atoms with Gasteiger partial charge in [-0.25, -0.2) is 0 Å². The number of hydrogen-bond acceptors (Lipinski definition) is 6. The summed E-state index contributed by atoms with van der Waals surface area (Å²) in [6, 6.07) is 0. The van der Waals surface area contributed by atoms with Gasteiger partial charge >= 0.3 is 17.9 Å². The largest absolute Gasteiger partial charge is 0.462 e. The Bertz CT molecular complexity index is 1010. The second kappa shape index (κ2) is 54.8. The lowest BCUT2D eigenvalue weighted by Crippen LogP contribution is -2.30. The van der Waals surface area contributed by atoms with Crippen LogP contribution in [0.2, 0.25) is 0 Å². The zero-order valence-corrected chi connectivity index (χ0v) is 44.0. The van der Waals surface area contributed by atoms with Crippen molar-refractivity contribution in [2.24, 2.45) is 0 Å². The maximum absolute atomic E-state index is 12.8. The molecule has 0 aliphatic heterocycles. The fourth-order valence-electron chi connectivity index (χ4n) is 8.85. The van der Waals surface area contributed by atoms with Gasteiger partial charge in [0.25, 0.3) is 0 Å². The van der Waals surface area contributed by atoms with Crippen molar-refractivity contribution < 1.29 is 28.6 Å². The van der Waals surface area contributed by atoms with Gasteiger partial charge in [-0.15, -0.1) is 0 Å². The summed E-state index contributed by atoms with van der Waals surface area (Å²) in [6.07, 6.45) is 62.1. The van der Waals surface area contributed by atoms with Crippen LogP contribution in [0.15, 0.2) is 12.2 Å². The molecule has 0 heterocycles. The first-order valence-electron chi connectivity index (χ1n) is 29.2. The average molecular weight is 918 g/mol. The number of unbranched alkanes of at least 4 members (excludes halogenated alkanes) is 41. The van der Waals surface area contributed by atoms with Crippen LogP contribution in [-0.2, 0) is 28.6 Å². The Morgan fingerprint density at radius 1 is 0.292 bits per heavy atom. The van der Waals surface area contributed by atoms with E-state index in [9.17, 15) is 14.4 Å².